The molecule has 3 rings (SSSR count). The first kappa shape index (κ1) is 38.2. The molecule has 1 aliphatic carbocycles. The van der Waals surface area contributed by atoms with Crippen molar-refractivity contribution in [3.05, 3.63) is 0 Å². The van der Waals surface area contributed by atoms with Gasteiger partial charge in [-0.3, -0.25) is 38.5 Å². The van der Waals surface area contributed by atoms with Gasteiger partial charge < -0.3 is 16.4 Å². The molecule has 0 aromatic heterocycles. The normalized spacial score (nSPS) is 23.0. The standard InChI is InChI=1S/C32H50N5O7S2/c1-5-10-22(33)27(41)28(42)25(39)17-35-31(44)24-16-32(45-13-9-14-46-32)29(37(24)21-11-7-6-8-12-21)26(40)18-34-30(43)23(15-19(2)3)36-20(4)38/h19,21-24,29H,5-18,33H2,1-4H3,(H,34,43)(H,36,38)/t22-,23-,24?,29?/m0/s1. The molecular formula is C32H50N5O7S2. The van der Waals surface area contributed by atoms with Crippen LogP contribution in [0.15, 0.2) is 0 Å². The van der Waals surface area contributed by atoms with Crippen molar-refractivity contribution in [1.82, 2.24) is 20.9 Å². The molecule has 12 nitrogen and oxygen atoms in total. The summed E-state index contributed by atoms with van der Waals surface area (Å²) in [6.07, 6.45) is 7.10. The summed E-state index contributed by atoms with van der Waals surface area (Å²) in [5, 5.41) is 9.44. The number of rotatable bonds is 16. The van der Waals surface area contributed by atoms with Crippen molar-refractivity contribution in [2.24, 2.45) is 11.7 Å². The molecule has 2 saturated heterocycles. The molecule has 1 spiro atoms. The molecular weight excluding hydrogens is 631 g/mol. The minimum absolute atomic E-state index is 0.0657. The van der Waals surface area contributed by atoms with Crippen molar-refractivity contribution in [3.8, 4) is 0 Å². The Kier molecular flexibility index (Phi) is 14.7. The summed E-state index contributed by atoms with van der Waals surface area (Å²) in [5.74, 6) is -3.12. The number of carbonyl (C=O) groups excluding carboxylic acids is 7. The number of nitrogens with two attached hydrogens (primary N) is 1. The van der Waals surface area contributed by atoms with E-state index in [2.05, 4.69) is 16.0 Å². The van der Waals surface area contributed by atoms with E-state index in [0.29, 0.717) is 19.3 Å². The smallest absolute Gasteiger partial charge is 0.267 e. The van der Waals surface area contributed by atoms with Crippen LogP contribution < -0.4 is 21.7 Å². The van der Waals surface area contributed by atoms with E-state index < -0.39 is 64.0 Å². The zero-order chi connectivity index (χ0) is 34.0. The summed E-state index contributed by atoms with van der Waals surface area (Å²) in [4.78, 5) is 92.1. The molecule has 1 radical (unpaired) electrons. The van der Waals surface area contributed by atoms with E-state index in [1.54, 1.807) is 23.5 Å². The van der Waals surface area contributed by atoms with Crippen LogP contribution in [0.2, 0.25) is 0 Å². The minimum Gasteiger partial charge on any atom is -0.347 e. The summed E-state index contributed by atoms with van der Waals surface area (Å²) >= 11 is 3.31. The third kappa shape index (κ3) is 9.86. The lowest BCUT2D eigenvalue weighted by molar-refractivity contribution is -0.144. The van der Waals surface area contributed by atoms with E-state index in [-0.39, 0.29) is 36.6 Å². The number of Topliss-reactive ketones (excluding diaryl/α,β-unsaturated/α-hetero) is 4. The minimum atomic E-state index is -1.25. The number of amides is 3. The Labute approximate surface area is 280 Å². The van der Waals surface area contributed by atoms with Gasteiger partial charge in [0.15, 0.2) is 5.78 Å². The number of hydrogen-bond donors (Lipinski definition) is 3. The first-order valence-corrected chi connectivity index (χ1v) is 18.5. The Balaban J connectivity index is 1.83. The molecule has 3 amide bonds. The molecule has 3 fully saturated rings. The number of hydrogen-bond acceptors (Lipinski definition) is 11. The van der Waals surface area contributed by atoms with Gasteiger partial charge in [-0.05, 0) is 55.9 Å². The second kappa shape index (κ2) is 17.7. The average molecular weight is 681 g/mol. The molecule has 4 N–H and O–H groups in total. The Morgan fingerprint density at radius 3 is 2.24 bits per heavy atom. The van der Waals surface area contributed by atoms with Gasteiger partial charge in [-0.25, -0.2) is 5.32 Å². The lowest BCUT2D eigenvalue weighted by atomic mass is 9.92. The van der Waals surface area contributed by atoms with Crippen LogP contribution in [-0.4, -0.2) is 105 Å². The van der Waals surface area contributed by atoms with Gasteiger partial charge in [0, 0.05) is 13.0 Å². The van der Waals surface area contributed by atoms with Gasteiger partial charge in [-0.1, -0.05) is 46.5 Å². The second-order valence-electron chi connectivity index (χ2n) is 13.0. The van der Waals surface area contributed by atoms with Crippen LogP contribution in [0.25, 0.3) is 0 Å². The van der Waals surface area contributed by atoms with Crippen LogP contribution in [0.5, 0.6) is 0 Å². The van der Waals surface area contributed by atoms with Gasteiger partial charge in [0.05, 0.1) is 28.7 Å². The molecule has 257 valence electrons. The molecule has 2 unspecified atom stereocenters. The van der Waals surface area contributed by atoms with Crippen LogP contribution in [0, 0.1) is 5.92 Å². The van der Waals surface area contributed by atoms with Crippen molar-refractivity contribution in [1.29, 1.82) is 0 Å². The van der Waals surface area contributed by atoms with Crippen molar-refractivity contribution < 1.29 is 33.6 Å². The third-order valence-corrected chi connectivity index (χ3v) is 12.2. The Bertz CT molecular complexity index is 1150. The molecule has 14 heteroatoms. The van der Waals surface area contributed by atoms with Crippen LogP contribution >= 0.6 is 23.5 Å². The van der Waals surface area contributed by atoms with E-state index in [4.69, 9.17) is 5.73 Å². The maximum atomic E-state index is 14.2. The Hall–Kier alpha value is -2.29. The fourth-order valence-electron chi connectivity index (χ4n) is 6.65. The van der Waals surface area contributed by atoms with Gasteiger partial charge in [0.2, 0.25) is 23.4 Å². The summed E-state index contributed by atoms with van der Waals surface area (Å²) in [6.45, 7) is 6.04. The highest BCUT2D eigenvalue weighted by atomic mass is 32.2. The van der Waals surface area contributed by atoms with E-state index in [0.717, 1.165) is 50.0 Å². The Morgan fingerprint density at radius 2 is 1.65 bits per heavy atom. The molecule has 4 atom stereocenters. The van der Waals surface area contributed by atoms with Crippen LogP contribution in [0.4, 0.5) is 0 Å². The van der Waals surface area contributed by atoms with Crippen molar-refractivity contribution in [2.75, 3.05) is 24.6 Å². The van der Waals surface area contributed by atoms with E-state index in [9.17, 15) is 33.6 Å². The molecule has 2 aliphatic heterocycles. The maximum absolute atomic E-state index is 14.2. The van der Waals surface area contributed by atoms with Gasteiger partial charge in [-0.15, -0.1) is 23.5 Å². The first-order chi connectivity index (χ1) is 21.8. The van der Waals surface area contributed by atoms with Gasteiger partial charge >= 0.3 is 0 Å². The molecule has 1 saturated carbocycles. The lowest BCUT2D eigenvalue weighted by Crippen LogP contribution is -2.57. The highest BCUT2D eigenvalue weighted by molar-refractivity contribution is 8.19. The van der Waals surface area contributed by atoms with Gasteiger partial charge in [0.1, 0.15) is 12.6 Å². The van der Waals surface area contributed by atoms with Crippen LogP contribution in [0.3, 0.4) is 0 Å². The van der Waals surface area contributed by atoms with E-state index >= 15 is 0 Å². The second-order valence-corrected chi connectivity index (χ2v) is 16.1. The number of ketones is 4. The van der Waals surface area contributed by atoms with Crippen LogP contribution in [-0.2, 0) is 33.6 Å². The third-order valence-electron chi connectivity index (χ3n) is 8.75. The lowest BCUT2D eigenvalue weighted by Gasteiger charge is -2.42. The zero-order valence-electron chi connectivity index (χ0n) is 27.5. The number of nitrogens with one attached hydrogen (secondary N) is 2. The Morgan fingerprint density at radius 1 is 1.00 bits per heavy atom. The topological polar surface area (TPSA) is 187 Å². The highest BCUT2D eigenvalue weighted by Gasteiger charge is 2.60. The van der Waals surface area contributed by atoms with Crippen molar-refractivity contribution in [3.63, 3.8) is 0 Å². The van der Waals surface area contributed by atoms with Gasteiger partial charge in [0.25, 0.3) is 11.7 Å². The number of likely N-dealkylation sites (tertiary alicyclic amines) is 1. The zero-order valence-corrected chi connectivity index (χ0v) is 29.1. The average Bonchev–Trinajstić information content (AvgIpc) is 3.35. The summed E-state index contributed by atoms with van der Waals surface area (Å²) in [7, 11) is 0. The van der Waals surface area contributed by atoms with Crippen molar-refractivity contribution >= 4 is 64.4 Å². The van der Waals surface area contributed by atoms with E-state index in [1.165, 1.54) is 6.92 Å². The fourth-order valence-corrected chi connectivity index (χ4v) is 10.3. The SMILES string of the molecule is CCC[C@H](N)C(=O)C(=O)C(=O)C[N]C(=O)C1CC2(SCCCS2)C(C(=O)CNC(=O)[C@H](CC(C)C)NC(C)=O)N1C1CCCCC1. The number of thioether (sulfide) groups is 2. The van der Waals surface area contributed by atoms with Gasteiger partial charge in [-0.2, -0.15) is 0 Å². The predicted molar refractivity (Wildman–Crippen MR) is 178 cm³/mol. The maximum Gasteiger partial charge on any atom is 0.267 e. The fraction of sp³-hybridized carbons (Fsp3) is 0.781. The highest BCUT2D eigenvalue weighted by Crippen LogP contribution is 2.55. The molecule has 46 heavy (non-hydrogen) atoms. The summed E-state index contributed by atoms with van der Waals surface area (Å²) in [5.41, 5.74) is 5.74. The largest absolute Gasteiger partial charge is 0.347 e. The van der Waals surface area contributed by atoms with Crippen molar-refractivity contribution in [2.45, 2.75) is 126 Å². The quantitative estimate of drug-likeness (QED) is 0.159. The molecule has 0 aromatic carbocycles. The monoisotopic (exact) mass is 680 g/mol. The molecule has 0 aromatic rings. The number of carbonyl (C=O) groups is 7. The van der Waals surface area contributed by atoms with Crippen LogP contribution in [0.1, 0.15) is 91.9 Å². The summed E-state index contributed by atoms with van der Waals surface area (Å²) in [6, 6.07) is -3.39. The molecule has 0 bridgehead atoms. The molecule has 2 heterocycles. The van der Waals surface area contributed by atoms with E-state index in [1.807, 2.05) is 25.7 Å². The first-order valence-electron chi connectivity index (χ1n) is 16.5. The number of nitrogens with zero attached hydrogens (tertiary/aromatic N) is 2. The predicted octanol–water partition coefficient (Wildman–Crippen LogP) is 1.53. The summed E-state index contributed by atoms with van der Waals surface area (Å²) < 4.78 is -0.648. The molecule has 3 aliphatic rings.